The monoisotopic (exact) mass is 140 g/mol. The lowest BCUT2D eigenvalue weighted by atomic mass is 10.3. The molecule has 0 unspecified atom stereocenters. The smallest absolute Gasteiger partial charge is 0.251 e. The van der Waals surface area contributed by atoms with Gasteiger partial charge in [-0.05, 0) is 0 Å². The summed E-state index contributed by atoms with van der Waals surface area (Å²) in [6.07, 6.45) is 0. The molecule has 5 heteroatoms. The molecule has 0 aliphatic heterocycles. The highest BCUT2D eigenvalue weighted by atomic mass is 16.1. The number of aromatic amines is 1. The van der Waals surface area contributed by atoms with E-state index in [9.17, 15) is 4.79 Å². The van der Waals surface area contributed by atoms with Crippen LogP contribution in [0.25, 0.3) is 0 Å². The minimum absolute atomic E-state index is 0.116. The molecule has 1 aromatic rings. The second kappa shape index (κ2) is 1.94. The van der Waals surface area contributed by atoms with E-state index >= 15 is 0 Å². The lowest BCUT2D eigenvalue weighted by molar-refractivity contribution is 1.25. The number of pyridine rings is 1. The van der Waals surface area contributed by atoms with Crippen molar-refractivity contribution in [2.45, 2.75) is 0 Å². The highest BCUT2D eigenvalue weighted by molar-refractivity contribution is 5.73. The maximum Gasteiger partial charge on any atom is 0.251 e. The minimum Gasteiger partial charge on any atom is -0.397 e. The zero-order valence-corrected chi connectivity index (χ0v) is 5.22. The molecule has 0 atom stereocenters. The van der Waals surface area contributed by atoms with Crippen molar-refractivity contribution >= 4 is 17.2 Å². The second-order valence-corrected chi connectivity index (χ2v) is 1.92. The molecule has 54 valence electrons. The maximum atomic E-state index is 10.6. The standard InChI is InChI=1S/C5H8N4O/c6-2-1-3(10)9-5(8)4(2)7/h1H,7H2,(H5,6,8,9,10). The van der Waals surface area contributed by atoms with E-state index in [1.165, 1.54) is 6.07 Å². The number of hydrogen-bond acceptors (Lipinski definition) is 4. The van der Waals surface area contributed by atoms with Crippen molar-refractivity contribution in [2.24, 2.45) is 0 Å². The number of aromatic nitrogens is 1. The van der Waals surface area contributed by atoms with Crippen LogP contribution in [0.3, 0.4) is 0 Å². The summed E-state index contributed by atoms with van der Waals surface area (Å²) in [4.78, 5) is 12.9. The molecule has 0 saturated carbocycles. The summed E-state index contributed by atoms with van der Waals surface area (Å²) < 4.78 is 0. The first-order chi connectivity index (χ1) is 4.61. The lowest BCUT2D eigenvalue weighted by Crippen LogP contribution is -2.12. The predicted molar refractivity (Wildman–Crippen MR) is 40.3 cm³/mol. The first-order valence-electron chi connectivity index (χ1n) is 2.65. The molecular weight excluding hydrogens is 132 g/mol. The van der Waals surface area contributed by atoms with Gasteiger partial charge in [-0.2, -0.15) is 0 Å². The summed E-state index contributed by atoms with van der Waals surface area (Å²) in [5.74, 6) is 0.116. The number of nitrogens with two attached hydrogens (primary N) is 3. The Balaban J connectivity index is 3.46. The Morgan fingerprint density at radius 3 is 2.40 bits per heavy atom. The number of H-pyrrole nitrogens is 1. The highest BCUT2D eigenvalue weighted by Gasteiger charge is 1.98. The Kier molecular flexibility index (Phi) is 1.26. The van der Waals surface area contributed by atoms with Crippen LogP contribution >= 0.6 is 0 Å². The fourth-order valence-corrected chi connectivity index (χ4v) is 0.611. The number of hydrogen-bond donors (Lipinski definition) is 4. The van der Waals surface area contributed by atoms with Gasteiger partial charge in [0.05, 0.1) is 11.4 Å². The van der Waals surface area contributed by atoms with Gasteiger partial charge in [-0.3, -0.25) is 4.79 Å². The van der Waals surface area contributed by atoms with Crippen LogP contribution in [0.15, 0.2) is 10.9 Å². The molecule has 0 aliphatic carbocycles. The molecule has 0 fully saturated rings. The van der Waals surface area contributed by atoms with E-state index in [1.54, 1.807) is 0 Å². The van der Waals surface area contributed by atoms with Gasteiger partial charge in [0, 0.05) is 6.07 Å². The average Bonchev–Trinajstić information content (AvgIpc) is 1.82. The molecule has 0 radical (unpaired) electrons. The maximum absolute atomic E-state index is 10.6. The average molecular weight is 140 g/mol. The number of anilines is 3. The molecule has 0 saturated heterocycles. The van der Waals surface area contributed by atoms with Crippen LogP contribution in [0.2, 0.25) is 0 Å². The van der Waals surface area contributed by atoms with E-state index in [1.807, 2.05) is 0 Å². The van der Waals surface area contributed by atoms with Crippen LogP contribution in [-0.4, -0.2) is 4.98 Å². The molecule has 0 aliphatic rings. The number of nitrogens with one attached hydrogen (secondary N) is 1. The van der Waals surface area contributed by atoms with Crippen molar-refractivity contribution in [2.75, 3.05) is 17.2 Å². The third kappa shape index (κ3) is 0.883. The van der Waals surface area contributed by atoms with Crippen LogP contribution < -0.4 is 22.8 Å². The van der Waals surface area contributed by atoms with Gasteiger partial charge in [0.15, 0.2) is 0 Å². The van der Waals surface area contributed by atoms with Gasteiger partial charge in [-0.25, -0.2) is 0 Å². The van der Waals surface area contributed by atoms with Crippen molar-refractivity contribution in [1.29, 1.82) is 0 Å². The van der Waals surface area contributed by atoms with Crippen molar-refractivity contribution in [1.82, 2.24) is 4.98 Å². The quantitative estimate of drug-likeness (QED) is 0.375. The Hall–Kier alpha value is -1.65. The van der Waals surface area contributed by atoms with E-state index in [0.29, 0.717) is 0 Å². The first-order valence-corrected chi connectivity index (χ1v) is 2.65. The van der Waals surface area contributed by atoms with Crippen molar-refractivity contribution in [3.63, 3.8) is 0 Å². The molecule has 0 aromatic carbocycles. The zero-order chi connectivity index (χ0) is 7.72. The van der Waals surface area contributed by atoms with E-state index in [0.717, 1.165) is 0 Å². The summed E-state index contributed by atoms with van der Waals surface area (Å²) >= 11 is 0. The zero-order valence-electron chi connectivity index (χ0n) is 5.22. The van der Waals surface area contributed by atoms with Crippen LogP contribution in [-0.2, 0) is 0 Å². The molecule has 10 heavy (non-hydrogen) atoms. The van der Waals surface area contributed by atoms with Gasteiger partial charge in [0.25, 0.3) is 5.56 Å². The number of nitrogen functional groups attached to an aromatic ring is 3. The van der Waals surface area contributed by atoms with Crippen LogP contribution in [0.5, 0.6) is 0 Å². The summed E-state index contributed by atoms with van der Waals surface area (Å²) in [5.41, 5.74) is 16.0. The number of rotatable bonds is 0. The summed E-state index contributed by atoms with van der Waals surface area (Å²) in [5, 5.41) is 0. The van der Waals surface area contributed by atoms with Crippen molar-refractivity contribution in [3.8, 4) is 0 Å². The lowest BCUT2D eigenvalue weighted by Gasteiger charge is -2.00. The van der Waals surface area contributed by atoms with Crippen molar-refractivity contribution in [3.05, 3.63) is 16.4 Å². The van der Waals surface area contributed by atoms with E-state index in [2.05, 4.69) is 4.98 Å². The van der Waals surface area contributed by atoms with E-state index in [-0.39, 0.29) is 22.8 Å². The summed E-state index contributed by atoms with van der Waals surface area (Å²) in [7, 11) is 0. The second-order valence-electron chi connectivity index (χ2n) is 1.92. The molecule has 1 aromatic heterocycles. The van der Waals surface area contributed by atoms with Gasteiger partial charge in [-0.1, -0.05) is 0 Å². The Morgan fingerprint density at radius 2 is 1.90 bits per heavy atom. The van der Waals surface area contributed by atoms with E-state index < -0.39 is 0 Å². The first kappa shape index (κ1) is 6.47. The van der Waals surface area contributed by atoms with Crippen LogP contribution in [0.1, 0.15) is 0 Å². The SMILES string of the molecule is Nc1cc(=O)[nH]c(N)c1N. The molecule has 0 bridgehead atoms. The van der Waals surface area contributed by atoms with Gasteiger partial charge >= 0.3 is 0 Å². The minimum atomic E-state index is -0.343. The van der Waals surface area contributed by atoms with Crippen LogP contribution in [0.4, 0.5) is 17.2 Å². The normalized spacial score (nSPS) is 9.60. The van der Waals surface area contributed by atoms with Gasteiger partial charge in [-0.15, -0.1) is 0 Å². The molecule has 1 heterocycles. The third-order valence-electron chi connectivity index (χ3n) is 1.15. The Labute approximate surface area is 56.8 Å². The fourth-order valence-electron chi connectivity index (χ4n) is 0.611. The van der Waals surface area contributed by atoms with Crippen molar-refractivity contribution < 1.29 is 0 Å². The Bertz CT molecular complexity index is 277. The topological polar surface area (TPSA) is 111 Å². The third-order valence-corrected chi connectivity index (χ3v) is 1.15. The molecule has 5 nitrogen and oxygen atoms in total. The molecule has 1 rings (SSSR count). The highest BCUT2D eigenvalue weighted by Crippen LogP contribution is 2.15. The predicted octanol–water partition coefficient (Wildman–Crippen LogP) is -0.879. The molecular formula is C5H8N4O. The fraction of sp³-hybridized carbons (Fsp3) is 0. The van der Waals surface area contributed by atoms with Gasteiger partial charge < -0.3 is 22.2 Å². The Morgan fingerprint density at radius 1 is 1.30 bits per heavy atom. The van der Waals surface area contributed by atoms with Gasteiger partial charge in [0.2, 0.25) is 0 Å². The molecule has 0 amide bonds. The molecule has 0 spiro atoms. The van der Waals surface area contributed by atoms with Gasteiger partial charge in [0.1, 0.15) is 5.82 Å². The van der Waals surface area contributed by atoms with E-state index in [4.69, 9.17) is 17.2 Å². The molecule has 7 N–H and O–H groups in total. The summed E-state index contributed by atoms with van der Waals surface area (Å²) in [6, 6.07) is 1.19. The summed E-state index contributed by atoms with van der Waals surface area (Å²) in [6.45, 7) is 0. The largest absolute Gasteiger partial charge is 0.397 e. The van der Waals surface area contributed by atoms with Crippen LogP contribution in [0, 0.1) is 0 Å².